The highest BCUT2D eigenvalue weighted by molar-refractivity contribution is 6.33. The van der Waals surface area contributed by atoms with Gasteiger partial charge in [-0.1, -0.05) is 11.6 Å². The fourth-order valence-corrected chi connectivity index (χ4v) is 1.55. The third-order valence-electron chi connectivity index (χ3n) is 2.22. The monoisotopic (exact) mass is 316 g/mol. The Morgan fingerprint density at radius 1 is 1.35 bits per heavy atom. The maximum Gasteiger partial charge on any atom is 0.405 e. The number of amides is 1. The van der Waals surface area contributed by atoms with Crippen LogP contribution in [0.25, 0.3) is 0 Å². The van der Waals surface area contributed by atoms with E-state index in [-0.39, 0.29) is 10.7 Å². The van der Waals surface area contributed by atoms with Crippen LogP contribution in [0.3, 0.4) is 0 Å². The summed E-state index contributed by atoms with van der Waals surface area (Å²) in [6.45, 7) is -0.289. The normalized spacial score (nSPS) is 12.9. The summed E-state index contributed by atoms with van der Waals surface area (Å²) < 4.78 is 62.0. The highest BCUT2D eigenvalue weighted by atomic mass is 35.5. The van der Waals surface area contributed by atoms with Crippen molar-refractivity contribution in [1.29, 1.82) is 0 Å². The van der Waals surface area contributed by atoms with Gasteiger partial charge in [-0.2, -0.15) is 13.2 Å². The Labute approximate surface area is 116 Å². The van der Waals surface area contributed by atoms with Gasteiger partial charge in [-0.25, -0.2) is 8.78 Å². The minimum absolute atomic E-state index is 0.321. The molecule has 0 bridgehead atoms. The minimum Gasteiger partial charge on any atom is -0.370 e. The number of alkyl halides is 3. The maximum absolute atomic E-state index is 13.4. The van der Waals surface area contributed by atoms with E-state index in [9.17, 15) is 26.7 Å². The zero-order valence-electron chi connectivity index (χ0n) is 10.1. The average Bonchev–Trinajstić information content (AvgIpc) is 2.29. The van der Waals surface area contributed by atoms with E-state index < -0.39 is 36.3 Å². The van der Waals surface area contributed by atoms with E-state index in [0.717, 1.165) is 6.07 Å². The molecule has 1 amide bonds. The topological polar surface area (TPSA) is 41.1 Å². The first kappa shape index (κ1) is 16.5. The second-order valence-corrected chi connectivity index (χ2v) is 4.35. The van der Waals surface area contributed by atoms with Gasteiger partial charge >= 0.3 is 6.18 Å². The molecule has 1 rings (SSSR count). The number of anilines is 1. The van der Waals surface area contributed by atoms with Crippen molar-refractivity contribution in [3.8, 4) is 0 Å². The molecule has 0 saturated heterocycles. The third kappa shape index (κ3) is 4.84. The van der Waals surface area contributed by atoms with Crippen molar-refractivity contribution < 1.29 is 26.7 Å². The summed E-state index contributed by atoms with van der Waals surface area (Å²) >= 11 is 5.58. The van der Waals surface area contributed by atoms with Crippen molar-refractivity contribution >= 4 is 23.2 Å². The van der Waals surface area contributed by atoms with E-state index in [1.54, 1.807) is 5.32 Å². The first-order valence-electron chi connectivity index (χ1n) is 5.35. The SMILES string of the molecule is CC(Nc1c(F)cc(F)cc1Cl)C(=O)NCC(F)(F)F. The Balaban J connectivity index is 2.71. The predicted octanol–water partition coefficient (Wildman–Crippen LogP) is 3.10. The van der Waals surface area contributed by atoms with Gasteiger partial charge in [0.15, 0.2) is 5.82 Å². The van der Waals surface area contributed by atoms with Gasteiger partial charge in [0.2, 0.25) is 5.91 Å². The van der Waals surface area contributed by atoms with Crippen molar-refractivity contribution in [1.82, 2.24) is 5.32 Å². The number of carbonyl (C=O) groups excluding carboxylic acids is 1. The molecule has 9 heteroatoms. The largest absolute Gasteiger partial charge is 0.405 e. The zero-order valence-corrected chi connectivity index (χ0v) is 10.9. The van der Waals surface area contributed by atoms with Crippen LogP contribution in [0.5, 0.6) is 0 Å². The van der Waals surface area contributed by atoms with Gasteiger partial charge < -0.3 is 10.6 Å². The molecule has 1 atom stereocenters. The zero-order chi connectivity index (χ0) is 15.5. The fraction of sp³-hybridized carbons (Fsp3) is 0.364. The quantitative estimate of drug-likeness (QED) is 0.838. The highest BCUT2D eigenvalue weighted by Gasteiger charge is 2.29. The van der Waals surface area contributed by atoms with Gasteiger partial charge in [-0.05, 0) is 13.0 Å². The van der Waals surface area contributed by atoms with Crippen LogP contribution in [-0.4, -0.2) is 24.7 Å². The molecule has 0 heterocycles. The average molecular weight is 317 g/mol. The predicted molar refractivity (Wildman–Crippen MR) is 63.5 cm³/mol. The molecule has 0 saturated carbocycles. The second kappa shape index (κ2) is 6.25. The number of nitrogens with one attached hydrogen (secondary N) is 2. The van der Waals surface area contributed by atoms with Crippen molar-refractivity contribution in [2.24, 2.45) is 0 Å². The van der Waals surface area contributed by atoms with E-state index in [1.807, 2.05) is 0 Å². The van der Waals surface area contributed by atoms with E-state index in [2.05, 4.69) is 5.32 Å². The van der Waals surface area contributed by atoms with Crippen LogP contribution in [0.15, 0.2) is 12.1 Å². The van der Waals surface area contributed by atoms with Crippen LogP contribution in [0.2, 0.25) is 5.02 Å². The van der Waals surface area contributed by atoms with E-state index in [4.69, 9.17) is 11.6 Å². The lowest BCUT2D eigenvalue weighted by Gasteiger charge is -2.17. The van der Waals surface area contributed by atoms with Crippen molar-refractivity contribution in [3.05, 3.63) is 28.8 Å². The highest BCUT2D eigenvalue weighted by Crippen LogP contribution is 2.27. The van der Waals surface area contributed by atoms with Gasteiger partial charge in [0.05, 0.1) is 10.7 Å². The van der Waals surface area contributed by atoms with Crippen LogP contribution in [0.1, 0.15) is 6.92 Å². The molecule has 0 aliphatic carbocycles. The molecule has 0 aliphatic rings. The first-order valence-corrected chi connectivity index (χ1v) is 5.73. The van der Waals surface area contributed by atoms with Gasteiger partial charge in [0.1, 0.15) is 18.4 Å². The van der Waals surface area contributed by atoms with Crippen LogP contribution >= 0.6 is 11.6 Å². The molecule has 1 aromatic carbocycles. The number of halogens is 6. The van der Waals surface area contributed by atoms with Crippen molar-refractivity contribution in [2.75, 3.05) is 11.9 Å². The van der Waals surface area contributed by atoms with E-state index in [0.29, 0.717) is 6.07 Å². The summed E-state index contributed by atoms with van der Waals surface area (Å²) in [4.78, 5) is 11.4. The first-order chi connectivity index (χ1) is 9.10. The fourth-order valence-electron chi connectivity index (χ4n) is 1.30. The van der Waals surface area contributed by atoms with Crippen molar-refractivity contribution in [2.45, 2.75) is 19.1 Å². The van der Waals surface area contributed by atoms with Gasteiger partial charge in [-0.15, -0.1) is 0 Å². The molecular formula is C11H10ClF5N2O. The number of hydrogen-bond acceptors (Lipinski definition) is 2. The lowest BCUT2D eigenvalue weighted by molar-refractivity contribution is -0.138. The number of rotatable bonds is 4. The lowest BCUT2D eigenvalue weighted by atomic mass is 10.2. The second-order valence-electron chi connectivity index (χ2n) is 3.94. The smallest absolute Gasteiger partial charge is 0.370 e. The summed E-state index contributed by atoms with van der Waals surface area (Å²) in [5, 5.41) is 3.59. The van der Waals surface area contributed by atoms with Crippen LogP contribution in [0.4, 0.5) is 27.6 Å². The minimum atomic E-state index is -4.55. The van der Waals surface area contributed by atoms with Gasteiger partial charge in [0, 0.05) is 6.07 Å². The molecule has 1 aromatic rings. The Bertz CT molecular complexity index is 483. The Morgan fingerprint density at radius 3 is 2.45 bits per heavy atom. The molecule has 0 aliphatic heterocycles. The van der Waals surface area contributed by atoms with Crippen LogP contribution in [-0.2, 0) is 4.79 Å². The van der Waals surface area contributed by atoms with Crippen molar-refractivity contribution in [3.63, 3.8) is 0 Å². The van der Waals surface area contributed by atoms with Crippen LogP contribution in [0, 0.1) is 11.6 Å². The molecule has 2 N–H and O–H groups in total. The summed E-state index contributed by atoms with van der Waals surface area (Å²) in [6, 6.07) is 0.164. The summed E-state index contributed by atoms with van der Waals surface area (Å²) in [5.41, 5.74) is -0.359. The van der Waals surface area contributed by atoms with E-state index >= 15 is 0 Å². The lowest BCUT2D eigenvalue weighted by Crippen LogP contribution is -2.42. The summed E-state index contributed by atoms with van der Waals surface area (Å²) in [6.07, 6.45) is -4.55. The summed E-state index contributed by atoms with van der Waals surface area (Å²) in [5.74, 6) is -2.96. The number of hydrogen-bond donors (Lipinski definition) is 2. The molecule has 20 heavy (non-hydrogen) atoms. The molecular weight excluding hydrogens is 307 g/mol. The standard InChI is InChI=1S/C11H10ClF5N2O/c1-5(10(20)18-4-11(15,16)17)19-9-7(12)2-6(13)3-8(9)14/h2-3,5,19H,4H2,1H3,(H,18,20). The molecule has 3 nitrogen and oxygen atoms in total. The Hall–Kier alpha value is -1.57. The third-order valence-corrected chi connectivity index (χ3v) is 2.52. The molecule has 0 spiro atoms. The van der Waals surface area contributed by atoms with Gasteiger partial charge in [0.25, 0.3) is 0 Å². The number of benzene rings is 1. The Kier molecular flexibility index (Phi) is 5.15. The number of carbonyl (C=O) groups is 1. The maximum atomic E-state index is 13.4. The Morgan fingerprint density at radius 2 is 1.95 bits per heavy atom. The van der Waals surface area contributed by atoms with Crippen LogP contribution < -0.4 is 10.6 Å². The van der Waals surface area contributed by atoms with Gasteiger partial charge in [-0.3, -0.25) is 4.79 Å². The summed E-state index contributed by atoms with van der Waals surface area (Å²) in [7, 11) is 0. The molecule has 112 valence electrons. The molecule has 1 unspecified atom stereocenters. The van der Waals surface area contributed by atoms with E-state index in [1.165, 1.54) is 6.92 Å². The molecule has 0 radical (unpaired) electrons. The molecule has 0 fully saturated rings. The molecule has 0 aromatic heterocycles.